The molecule has 3 nitrogen and oxygen atoms in total. The number of pyridine rings is 1. The van der Waals surface area contributed by atoms with E-state index in [1.165, 1.54) is 17.9 Å². The molecule has 0 saturated carbocycles. The fourth-order valence-corrected chi connectivity index (χ4v) is 2.27. The SMILES string of the molecule is Cc1nc(C(F)(F)F)ccc1C(=O)N(C)C(C)c1ccccc1. The summed E-state index contributed by atoms with van der Waals surface area (Å²) in [6.07, 6.45) is -4.52. The first-order chi connectivity index (χ1) is 10.7. The molecule has 2 aromatic rings. The zero-order valence-electron chi connectivity index (χ0n) is 13.1. The highest BCUT2D eigenvalue weighted by Gasteiger charge is 2.33. The molecule has 6 heteroatoms. The van der Waals surface area contributed by atoms with Crippen LogP contribution >= 0.6 is 0 Å². The van der Waals surface area contributed by atoms with Gasteiger partial charge in [0, 0.05) is 7.05 Å². The van der Waals surface area contributed by atoms with E-state index < -0.39 is 11.9 Å². The minimum atomic E-state index is -4.52. The van der Waals surface area contributed by atoms with Gasteiger partial charge in [-0.3, -0.25) is 4.79 Å². The maximum atomic E-state index is 12.7. The zero-order chi connectivity index (χ0) is 17.2. The lowest BCUT2D eigenvalue weighted by atomic mass is 10.1. The Labute approximate surface area is 132 Å². The Hall–Kier alpha value is -2.37. The Morgan fingerprint density at radius 3 is 2.26 bits per heavy atom. The maximum absolute atomic E-state index is 12.7. The van der Waals surface area contributed by atoms with Crippen LogP contribution in [0.4, 0.5) is 13.2 Å². The Morgan fingerprint density at radius 1 is 1.13 bits per heavy atom. The van der Waals surface area contributed by atoms with E-state index in [1.807, 2.05) is 37.3 Å². The molecule has 1 aromatic heterocycles. The van der Waals surface area contributed by atoms with E-state index >= 15 is 0 Å². The molecular formula is C17H17F3N2O. The van der Waals surface area contributed by atoms with Gasteiger partial charge < -0.3 is 4.90 Å². The second-order valence-electron chi connectivity index (χ2n) is 5.33. The number of aryl methyl sites for hydroxylation is 1. The summed E-state index contributed by atoms with van der Waals surface area (Å²) in [4.78, 5) is 17.5. The number of alkyl halides is 3. The van der Waals surface area contributed by atoms with Crippen molar-refractivity contribution in [1.82, 2.24) is 9.88 Å². The summed E-state index contributed by atoms with van der Waals surface area (Å²) in [6, 6.07) is 11.2. The van der Waals surface area contributed by atoms with Crippen LogP contribution < -0.4 is 0 Å². The highest BCUT2D eigenvalue weighted by molar-refractivity contribution is 5.95. The molecule has 0 N–H and O–H groups in total. The van der Waals surface area contributed by atoms with Crippen molar-refractivity contribution >= 4 is 5.91 Å². The number of carbonyl (C=O) groups is 1. The normalized spacial score (nSPS) is 12.8. The van der Waals surface area contributed by atoms with Crippen LogP contribution in [0.15, 0.2) is 42.5 Å². The highest BCUT2D eigenvalue weighted by Crippen LogP contribution is 2.29. The Balaban J connectivity index is 2.26. The molecule has 0 bridgehead atoms. The molecule has 1 atom stereocenters. The zero-order valence-corrected chi connectivity index (χ0v) is 13.1. The van der Waals surface area contributed by atoms with Crippen LogP contribution in [0.1, 0.15) is 40.3 Å². The Bertz CT molecular complexity index is 699. The van der Waals surface area contributed by atoms with E-state index in [0.29, 0.717) is 0 Å². The van der Waals surface area contributed by atoms with Crippen molar-refractivity contribution in [2.24, 2.45) is 0 Å². The van der Waals surface area contributed by atoms with Gasteiger partial charge in [-0.25, -0.2) is 4.98 Å². The summed E-state index contributed by atoms with van der Waals surface area (Å²) in [5, 5.41) is 0. The van der Waals surface area contributed by atoms with Crippen LogP contribution in [-0.2, 0) is 6.18 Å². The Kier molecular flexibility index (Phi) is 4.73. The number of nitrogens with zero attached hydrogens (tertiary/aromatic N) is 2. The van der Waals surface area contributed by atoms with Gasteiger partial charge in [-0.1, -0.05) is 30.3 Å². The summed E-state index contributed by atoms with van der Waals surface area (Å²) in [6.45, 7) is 3.27. The van der Waals surface area contributed by atoms with Crippen molar-refractivity contribution in [3.8, 4) is 0 Å². The van der Waals surface area contributed by atoms with Gasteiger partial charge in [-0.15, -0.1) is 0 Å². The number of benzene rings is 1. The average molecular weight is 322 g/mol. The van der Waals surface area contributed by atoms with Crippen LogP contribution in [0, 0.1) is 6.92 Å². The predicted molar refractivity (Wildman–Crippen MR) is 80.9 cm³/mol. The predicted octanol–water partition coefficient (Wildman–Crippen LogP) is 4.24. The first-order valence-corrected chi connectivity index (χ1v) is 7.08. The molecule has 0 saturated heterocycles. The van der Waals surface area contributed by atoms with Gasteiger partial charge in [0.05, 0.1) is 17.3 Å². The van der Waals surface area contributed by atoms with Crippen molar-refractivity contribution in [1.29, 1.82) is 0 Å². The molecule has 0 fully saturated rings. The van der Waals surface area contributed by atoms with Crippen molar-refractivity contribution in [2.75, 3.05) is 7.05 Å². The van der Waals surface area contributed by atoms with Gasteiger partial charge >= 0.3 is 6.18 Å². The highest BCUT2D eigenvalue weighted by atomic mass is 19.4. The van der Waals surface area contributed by atoms with E-state index in [1.54, 1.807) is 7.05 Å². The fraction of sp³-hybridized carbons (Fsp3) is 0.294. The van der Waals surface area contributed by atoms with E-state index in [2.05, 4.69) is 4.98 Å². The van der Waals surface area contributed by atoms with E-state index in [0.717, 1.165) is 11.6 Å². The maximum Gasteiger partial charge on any atom is 0.433 e. The summed E-state index contributed by atoms with van der Waals surface area (Å²) in [5.41, 5.74) is 0.186. The van der Waals surface area contributed by atoms with E-state index in [9.17, 15) is 18.0 Å². The standard InChI is InChI=1S/C17H17F3N2O/c1-11-14(9-10-15(21-11)17(18,19)20)16(23)22(3)12(2)13-7-5-4-6-8-13/h4-10,12H,1-3H3. The molecule has 0 spiro atoms. The number of carbonyl (C=O) groups excluding carboxylic acids is 1. The molecular weight excluding hydrogens is 305 g/mol. The van der Waals surface area contributed by atoms with Crippen molar-refractivity contribution in [3.63, 3.8) is 0 Å². The van der Waals surface area contributed by atoms with Crippen LogP contribution in [0.3, 0.4) is 0 Å². The topological polar surface area (TPSA) is 33.2 Å². The third-order valence-corrected chi connectivity index (χ3v) is 3.79. The molecule has 0 aliphatic heterocycles. The smallest absolute Gasteiger partial charge is 0.335 e. The minimum Gasteiger partial charge on any atom is -0.335 e. The average Bonchev–Trinajstić information content (AvgIpc) is 2.52. The van der Waals surface area contributed by atoms with Gasteiger partial charge in [0.15, 0.2) is 0 Å². The number of hydrogen-bond acceptors (Lipinski definition) is 2. The second kappa shape index (κ2) is 6.40. The lowest BCUT2D eigenvalue weighted by molar-refractivity contribution is -0.141. The molecule has 1 amide bonds. The molecule has 1 unspecified atom stereocenters. The summed E-state index contributed by atoms with van der Waals surface area (Å²) < 4.78 is 38.0. The van der Waals surface area contributed by atoms with Crippen LogP contribution in [0.25, 0.3) is 0 Å². The minimum absolute atomic E-state index is 0.0666. The summed E-state index contributed by atoms with van der Waals surface area (Å²) in [7, 11) is 1.62. The lowest BCUT2D eigenvalue weighted by Gasteiger charge is -2.26. The van der Waals surface area contributed by atoms with Gasteiger partial charge in [-0.2, -0.15) is 13.2 Å². The largest absolute Gasteiger partial charge is 0.433 e. The molecule has 0 radical (unpaired) electrons. The van der Waals surface area contributed by atoms with Gasteiger partial charge in [0.2, 0.25) is 0 Å². The van der Waals surface area contributed by atoms with Crippen LogP contribution in [0.2, 0.25) is 0 Å². The first kappa shape index (κ1) is 17.0. The number of halogens is 3. The molecule has 122 valence electrons. The third kappa shape index (κ3) is 3.70. The lowest BCUT2D eigenvalue weighted by Crippen LogP contribution is -2.30. The van der Waals surface area contributed by atoms with Crippen molar-refractivity contribution in [2.45, 2.75) is 26.1 Å². The number of aromatic nitrogens is 1. The summed E-state index contributed by atoms with van der Waals surface area (Å²) in [5.74, 6) is -0.361. The Morgan fingerprint density at radius 2 is 1.74 bits per heavy atom. The van der Waals surface area contributed by atoms with Crippen molar-refractivity contribution in [3.05, 3.63) is 65.0 Å². The van der Waals surface area contributed by atoms with Gasteiger partial charge in [0.1, 0.15) is 5.69 Å². The summed E-state index contributed by atoms with van der Waals surface area (Å²) >= 11 is 0. The quantitative estimate of drug-likeness (QED) is 0.847. The molecule has 0 aliphatic rings. The van der Waals surface area contributed by atoms with Crippen LogP contribution in [0.5, 0.6) is 0 Å². The number of amides is 1. The number of hydrogen-bond donors (Lipinski definition) is 0. The van der Waals surface area contributed by atoms with Crippen molar-refractivity contribution < 1.29 is 18.0 Å². The molecule has 2 rings (SSSR count). The molecule has 0 aliphatic carbocycles. The van der Waals surface area contributed by atoms with Gasteiger partial charge in [0.25, 0.3) is 5.91 Å². The van der Waals surface area contributed by atoms with E-state index in [-0.39, 0.29) is 23.2 Å². The fourth-order valence-electron chi connectivity index (χ4n) is 2.27. The molecule has 1 heterocycles. The molecule has 1 aromatic carbocycles. The van der Waals surface area contributed by atoms with E-state index in [4.69, 9.17) is 0 Å². The molecule has 23 heavy (non-hydrogen) atoms. The third-order valence-electron chi connectivity index (χ3n) is 3.79. The first-order valence-electron chi connectivity index (χ1n) is 7.08. The van der Waals surface area contributed by atoms with Crippen LogP contribution in [-0.4, -0.2) is 22.8 Å². The van der Waals surface area contributed by atoms with Gasteiger partial charge in [-0.05, 0) is 31.5 Å². The second-order valence-corrected chi connectivity index (χ2v) is 5.33. The number of rotatable bonds is 3. The monoisotopic (exact) mass is 322 g/mol.